The first-order chi connectivity index (χ1) is 17.0. The summed E-state index contributed by atoms with van der Waals surface area (Å²) >= 11 is 1.37. The van der Waals surface area contributed by atoms with Crippen molar-refractivity contribution in [1.82, 2.24) is 14.8 Å². The molecule has 0 radical (unpaired) electrons. The second-order valence-electron chi connectivity index (χ2n) is 8.17. The number of anilines is 2. The summed E-state index contributed by atoms with van der Waals surface area (Å²) in [5, 5.41) is 12.5. The lowest BCUT2D eigenvalue weighted by Gasteiger charge is -2.13. The maximum Gasteiger partial charge on any atom is 0.234 e. The fourth-order valence-corrected chi connectivity index (χ4v) is 4.45. The SMILES string of the molecule is COc1ccccc1-c1nnc(SCC(=O)Nc2ccc(N(C)C)cc2)n1CCc1ccccc1. The largest absolute Gasteiger partial charge is 0.496 e. The highest BCUT2D eigenvalue weighted by molar-refractivity contribution is 7.99. The molecular weight excluding hydrogens is 458 g/mol. The van der Waals surface area contributed by atoms with Crippen molar-refractivity contribution in [3.8, 4) is 17.1 Å². The average Bonchev–Trinajstić information content (AvgIpc) is 3.29. The van der Waals surface area contributed by atoms with Crippen LogP contribution in [-0.4, -0.2) is 47.6 Å². The second kappa shape index (κ2) is 11.6. The number of carbonyl (C=O) groups excluding carboxylic acids is 1. The number of hydrogen-bond donors (Lipinski definition) is 1. The van der Waals surface area contributed by atoms with Gasteiger partial charge in [-0.3, -0.25) is 4.79 Å². The first-order valence-corrected chi connectivity index (χ1v) is 12.3. The number of para-hydroxylation sites is 1. The van der Waals surface area contributed by atoms with Crippen molar-refractivity contribution in [3.63, 3.8) is 0 Å². The average molecular weight is 488 g/mol. The van der Waals surface area contributed by atoms with Gasteiger partial charge in [0.25, 0.3) is 0 Å². The van der Waals surface area contributed by atoms with Crippen molar-refractivity contribution >= 4 is 29.0 Å². The van der Waals surface area contributed by atoms with Crippen molar-refractivity contribution in [2.24, 2.45) is 0 Å². The maximum atomic E-state index is 12.7. The van der Waals surface area contributed by atoms with Crippen LogP contribution in [-0.2, 0) is 17.8 Å². The van der Waals surface area contributed by atoms with Gasteiger partial charge < -0.3 is 19.5 Å². The minimum Gasteiger partial charge on any atom is -0.496 e. The molecule has 180 valence electrons. The molecule has 4 rings (SSSR count). The summed E-state index contributed by atoms with van der Waals surface area (Å²) in [7, 11) is 5.61. The Morgan fingerprint density at radius 1 is 0.971 bits per heavy atom. The van der Waals surface area contributed by atoms with E-state index < -0.39 is 0 Å². The summed E-state index contributed by atoms with van der Waals surface area (Å²) in [5.41, 5.74) is 3.93. The van der Waals surface area contributed by atoms with E-state index in [-0.39, 0.29) is 11.7 Å². The highest BCUT2D eigenvalue weighted by Crippen LogP contribution is 2.31. The number of hydrogen-bond acceptors (Lipinski definition) is 6. The molecule has 1 heterocycles. The van der Waals surface area contributed by atoms with E-state index in [4.69, 9.17) is 4.74 Å². The Morgan fingerprint density at radius 3 is 2.40 bits per heavy atom. The lowest BCUT2D eigenvalue weighted by Crippen LogP contribution is -2.15. The second-order valence-corrected chi connectivity index (χ2v) is 9.11. The Bertz CT molecular complexity index is 1260. The van der Waals surface area contributed by atoms with Crippen molar-refractivity contribution in [3.05, 3.63) is 84.4 Å². The van der Waals surface area contributed by atoms with Crippen LogP contribution in [0.2, 0.25) is 0 Å². The Labute approximate surface area is 210 Å². The van der Waals surface area contributed by atoms with Crippen LogP contribution in [0, 0.1) is 0 Å². The number of rotatable bonds is 10. The van der Waals surface area contributed by atoms with Gasteiger partial charge >= 0.3 is 0 Å². The minimum atomic E-state index is -0.0935. The van der Waals surface area contributed by atoms with Gasteiger partial charge in [0.2, 0.25) is 5.91 Å². The predicted molar refractivity (Wildman–Crippen MR) is 142 cm³/mol. The Balaban J connectivity index is 1.51. The first kappa shape index (κ1) is 24.3. The van der Waals surface area contributed by atoms with E-state index in [1.54, 1.807) is 7.11 Å². The van der Waals surface area contributed by atoms with Crippen LogP contribution >= 0.6 is 11.8 Å². The molecule has 7 nitrogen and oxygen atoms in total. The highest BCUT2D eigenvalue weighted by Gasteiger charge is 2.18. The molecule has 8 heteroatoms. The van der Waals surface area contributed by atoms with E-state index in [0.29, 0.717) is 11.7 Å². The van der Waals surface area contributed by atoms with E-state index in [1.165, 1.54) is 17.3 Å². The van der Waals surface area contributed by atoms with Crippen LogP contribution in [0.15, 0.2) is 84.0 Å². The van der Waals surface area contributed by atoms with Gasteiger partial charge in [-0.2, -0.15) is 0 Å². The normalized spacial score (nSPS) is 10.7. The molecule has 0 aliphatic heterocycles. The zero-order valence-electron chi connectivity index (χ0n) is 20.1. The monoisotopic (exact) mass is 487 g/mol. The van der Waals surface area contributed by atoms with Gasteiger partial charge in [0.15, 0.2) is 11.0 Å². The zero-order chi connectivity index (χ0) is 24.6. The van der Waals surface area contributed by atoms with E-state index in [1.807, 2.05) is 85.7 Å². The molecule has 0 saturated heterocycles. The van der Waals surface area contributed by atoms with Gasteiger partial charge in [0.1, 0.15) is 5.75 Å². The third-order valence-corrected chi connectivity index (χ3v) is 6.50. The summed E-state index contributed by atoms with van der Waals surface area (Å²) in [4.78, 5) is 14.7. The van der Waals surface area contributed by atoms with Gasteiger partial charge in [0, 0.05) is 32.0 Å². The van der Waals surface area contributed by atoms with Crippen LogP contribution < -0.4 is 15.0 Å². The van der Waals surface area contributed by atoms with Crippen LogP contribution in [0.1, 0.15) is 5.56 Å². The lowest BCUT2D eigenvalue weighted by molar-refractivity contribution is -0.113. The lowest BCUT2D eigenvalue weighted by atomic mass is 10.1. The van der Waals surface area contributed by atoms with Crippen molar-refractivity contribution in [2.45, 2.75) is 18.1 Å². The maximum absolute atomic E-state index is 12.7. The van der Waals surface area contributed by atoms with Crippen molar-refractivity contribution in [1.29, 1.82) is 0 Å². The number of aryl methyl sites for hydroxylation is 1. The Hall–Kier alpha value is -3.78. The molecule has 0 fully saturated rings. The van der Waals surface area contributed by atoms with Gasteiger partial charge in [-0.05, 0) is 48.4 Å². The van der Waals surface area contributed by atoms with Gasteiger partial charge in [-0.15, -0.1) is 10.2 Å². The molecule has 0 aliphatic rings. The summed E-state index contributed by atoms with van der Waals surface area (Å²) in [5.74, 6) is 1.59. The van der Waals surface area contributed by atoms with Crippen LogP contribution in [0.25, 0.3) is 11.4 Å². The smallest absolute Gasteiger partial charge is 0.234 e. The third-order valence-electron chi connectivity index (χ3n) is 5.53. The van der Waals surface area contributed by atoms with E-state index in [2.05, 4.69) is 32.2 Å². The minimum absolute atomic E-state index is 0.0935. The van der Waals surface area contributed by atoms with Crippen LogP contribution in [0.4, 0.5) is 11.4 Å². The summed E-state index contributed by atoms with van der Waals surface area (Å²) in [6, 6.07) is 25.8. The van der Waals surface area contributed by atoms with E-state index >= 15 is 0 Å². The van der Waals surface area contributed by atoms with E-state index in [0.717, 1.165) is 34.9 Å². The number of nitrogens with zero attached hydrogens (tertiary/aromatic N) is 4. The molecular formula is C27H29N5O2S. The molecule has 35 heavy (non-hydrogen) atoms. The standard InChI is InChI=1S/C27H29N5O2S/c1-31(2)22-15-13-21(14-16-22)28-25(33)19-35-27-30-29-26(23-11-7-8-12-24(23)34-3)32(27)18-17-20-9-5-4-6-10-20/h4-16H,17-19H2,1-3H3,(H,28,33). The summed E-state index contributed by atoms with van der Waals surface area (Å²) in [6.45, 7) is 0.681. The van der Waals surface area contributed by atoms with Crippen molar-refractivity contribution in [2.75, 3.05) is 37.2 Å². The Kier molecular flexibility index (Phi) is 8.05. The molecule has 4 aromatic rings. The molecule has 0 saturated carbocycles. The number of aromatic nitrogens is 3. The molecule has 0 bridgehead atoms. The molecule has 0 aliphatic carbocycles. The molecule has 0 unspecified atom stereocenters. The molecule has 1 aromatic heterocycles. The third kappa shape index (κ3) is 6.22. The zero-order valence-corrected chi connectivity index (χ0v) is 21.0. The van der Waals surface area contributed by atoms with E-state index in [9.17, 15) is 4.79 Å². The number of methoxy groups -OCH3 is 1. The topological polar surface area (TPSA) is 72.3 Å². The number of amides is 1. The summed E-state index contributed by atoms with van der Waals surface area (Å²) < 4.78 is 7.62. The molecule has 0 spiro atoms. The predicted octanol–water partition coefficient (Wildman–Crippen LogP) is 4.99. The highest BCUT2D eigenvalue weighted by atomic mass is 32.2. The first-order valence-electron chi connectivity index (χ1n) is 11.4. The number of thioether (sulfide) groups is 1. The molecule has 1 N–H and O–H groups in total. The van der Waals surface area contributed by atoms with Crippen LogP contribution in [0.5, 0.6) is 5.75 Å². The summed E-state index contributed by atoms with van der Waals surface area (Å²) in [6.07, 6.45) is 0.818. The Morgan fingerprint density at radius 2 is 1.69 bits per heavy atom. The number of benzene rings is 3. The number of ether oxygens (including phenoxy) is 1. The van der Waals surface area contributed by atoms with Crippen LogP contribution in [0.3, 0.4) is 0 Å². The van der Waals surface area contributed by atoms with Gasteiger partial charge in [-0.25, -0.2) is 0 Å². The number of carbonyl (C=O) groups is 1. The van der Waals surface area contributed by atoms with Crippen molar-refractivity contribution < 1.29 is 9.53 Å². The number of nitrogens with one attached hydrogen (secondary N) is 1. The van der Waals surface area contributed by atoms with Gasteiger partial charge in [-0.1, -0.05) is 54.2 Å². The van der Waals surface area contributed by atoms with Gasteiger partial charge in [0.05, 0.1) is 18.4 Å². The fraction of sp³-hybridized carbons (Fsp3) is 0.222. The molecule has 3 aromatic carbocycles. The molecule has 0 atom stereocenters. The quantitative estimate of drug-likeness (QED) is 0.318. The fourth-order valence-electron chi connectivity index (χ4n) is 3.68. The molecule has 1 amide bonds.